The second kappa shape index (κ2) is 5.89. The summed E-state index contributed by atoms with van der Waals surface area (Å²) in [7, 11) is -0.571. The van der Waals surface area contributed by atoms with E-state index in [1.807, 2.05) is 0 Å². The molecular weight excluding hydrogens is 288 g/mol. The zero-order valence-corrected chi connectivity index (χ0v) is 16.3. The third-order valence-corrected chi connectivity index (χ3v) is 7.60. The molecule has 22 heavy (non-hydrogen) atoms. The lowest BCUT2D eigenvalue weighted by atomic mass is 9.58. The summed E-state index contributed by atoms with van der Waals surface area (Å²) < 4.78 is 12.0. The van der Waals surface area contributed by atoms with Crippen molar-refractivity contribution in [3.05, 3.63) is 0 Å². The first kappa shape index (κ1) is 17.0. The minimum absolute atomic E-state index is 0.226. The van der Waals surface area contributed by atoms with Crippen LogP contribution in [0, 0.1) is 16.7 Å². The van der Waals surface area contributed by atoms with E-state index in [-0.39, 0.29) is 5.60 Å². The summed E-state index contributed by atoms with van der Waals surface area (Å²) >= 11 is 0. The third-order valence-electron chi connectivity index (χ3n) is 6.86. The van der Waals surface area contributed by atoms with Gasteiger partial charge in [-0.1, -0.05) is 20.8 Å². The van der Waals surface area contributed by atoms with Crippen molar-refractivity contribution in [2.45, 2.75) is 96.9 Å². The van der Waals surface area contributed by atoms with Crippen LogP contribution in [0.25, 0.3) is 0 Å². The molecule has 0 aromatic rings. The Hall–Kier alpha value is 0.137. The van der Waals surface area contributed by atoms with Crippen LogP contribution in [0.5, 0.6) is 0 Å². The van der Waals surface area contributed by atoms with Crippen LogP contribution in [-0.4, -0.2) is 27.4 Å². The molecule has 2 aliphatic carbocycles. The molecule has 0 aromatic carbocycles. The molecule has 0 bridgehead atoms. The Kier molecular flexibility index (Phi) is 4.55. The zero-order valence-electron chi connectivity index (χ0n) is 15.3. The highest BCUT2D eigenvalue weighted by molar-refractivity contribution is 6.48. The molecule has 3 aliphatic rings. The smallest absolute Gasteiger partial charge is 0.205 e. The molecule has 1 radical (unpaired) electrons. The molecular formula is C19H35O2Si. The Morgan fingerprint density at radius 2 is 1.59 bits per heavy atom. The van der Waals surface area contributed by atoms with E-state index in [0.29, 0.717) is 16.9 Å². The maximum Gasteiger partial charge on any atom is 0.205 e. The standard InChI is InChI=1S/C19H35O2Si/c1-17(2,3)15-6-8-18(9-7-15)10-12-19(13-11-18)16(21-19)14-20-22(4)5/h15-16H,6-14H2,1-5H3. The SMILES string of the molecule is C[Si](C)OCC1OC12CCC1(CCC(C(C)(C)C)CC1)CC2. The Bertz CT molecular complexity index is 381. The molecule has 1 atom stereocenters. The Labute approximate surface area is 139 Å². The first-order chi connectivity index (χ1) is 10.2. The lowest BCUT2D eigenvalue weighted by Gasteiger charge is -2.47. The average Bonchev–Trinajstić information content (AvgIpc) is 3.13. The van der Waals surface area contributed by atoms with Gasteiger partial charge >= 0.3 is 0 Å². The van der Waals surface area contributed by atoms with Crippen molar-refractivity contribution < 1.29 is 9.16 Å². The van der Waals surface area contributed by atoms with Crippen LogP contribution in [0.1, 0.15) is 72.1 Å². The molecule has 2 nitrogen and oxygen atoms in total. The highest BCUT2D eigenvalue weighted by Crippen LogP contribution is 2.58. The van der Waals surface area contributed by atoms with Gasteiger partial charge < -0.3 is 9.16 Å². The molecule has 1 saturated heterocycles. The van der Waals surface area contributed by atoms with Crippen molar-refractivity contribution in [3.8, 4) is 0 Å². The quantitative estimate of drug-likeness (QED) is 0.527. The van der Waals surface area contributed by atoms with Crippen LogP contribution in [0.3, 0.4) is 0 Å². The van der Waals surface area contributed by atoms with Gasteiger partial charge in [0.05, 0.1) is 12.2 Å². The predicted octanol–water partition coefficient (Wildman–Crippen LogP) is 5.19. The van der Waals surface area contributed by atoms with Crippen LogP contribution in [0.2, 0.25) is 13.1 Å². The van der Waals surface area contributed by atoms with Crippen molar-refractivity contribution in [2.24, 2.45) is 16.7 Å². The molecule has 1 unspecified atom stereocenters. The summed E-state index contributed by atoms with van der Waals surface area (Å²) in [4.78, 5) is 0. The van der Waals surface area contributed by atoms with Crippen LogP contribution < -0.4 is 0 Å². The van der Waals surface area contributed by atoms with Gasteiger partial charge in [0.25, 0.3) is 0 Å². The lowest BCUT2D eigenvalue weighted by molar-refractivity contribution is 0.0352. The fourth-order valence-corrected chi connectivity index (χ4v) is 5.40. The molecule has 3 rings (SSSR count). The monoisotopic (exact) mass is 323 g/mol. The fourth-order valence-electron chi connectivity index (χ4n) is 4.92. The van der Waals surface area contributed by atoms with Crippen molar-refractivity contribution >= 4 is 9.04 Å². The van der Waals surface area contributed by atoms with Crippen LogP contribution >= 0.6 is 0 Å². The Balaban J connectivity index is 1.47. The molecule has 2 spiro atoms. The summed E-state index contributed by atoms with van der Waals surface area (Å²) in [5, 5.41) is 0. The maximum absolute atomic E-state index is 6.10. The Morgan fingerprint density at radius 3 is 2.09 bits per heavy atom. The minimum atomic E-state index is -0.571. The number of rotatable bonds is 3. The first-order valence-electron chi connectivity index (χ1n) is 9.36. The van der Waals surface area contributed by atoms with Gasteiger partial charge in [-0.3, -0.25) is 0 Å². The normalized spacial score (nSPS) is 42.3. The van der Waals surface area contributed by atoms with Gasteiger partial charge in [-0.05, 0) is 81.2 Å². The van der Waals surface area contributed by atoms with Gasteiger partial charge in [-0.2, -0.15) is 0 Å². The summed E-state index contributed by atoms with van der Waals surface area (Å²) in [6.07, 6.45) is 11.6. The highest BCUT2D eigenvalue weighted by atomic mass is 28.3. The van der Waals surface area contributed by atoms with E-state index in [4.69, 9.17) is 9.16 Å². The Morgan fingerprint density at radius 1 is 1.00 bits per heavy atom. The van der Waals surface area contributed by atoms with Crippen molar-refractivity contribution in [2.75, 3.05) is 6.61 Å². The average molecular weight is 324 g/mol. The van der Waals surface area contributed by atoms with Gasteiger partial charge in [0.2, 0.25) is 9.04 Å². The minimum Gasteiger partial charge on any atom is -0.414 e. The highest BCUT2D eigenvalue weighted by Gasteiger charge is 2.59. The largest absolute Gasteiger partial charge is 0.414 e. The molecule has 0 N–H and O–H groups in total. The van der Waals surface area contributed by atoms with Gasteiger partial charge in [0, 0.05) is 0 Å². The van der Waals surface area contributed by atoms with E-state index in [2.05, 4.69) is 33.9 Å². The van der Waals surface area contributed by atoms with E-state index in [1.54, 1.807) is 0 Å². The van der Waals surface area contributed by atoms with Gasteiger partial charge in [-0.15, -0.1) is 0 Å². The van der Waals surface area contributed by atoms with Crippen molar-refractivity contribution in [3.63, 3.8) is 0 Å². The second-order valence-corrected chi connectivity index (χ2v) is 11.6. The summed E-state index contributed by atoms with van der Waals surface area (Å²) in [6.45, 7) is 12.5. The summed E-state index contributed by atoms with van der Waals surface area (Å²) in [5.74, 6) is 0.932. The molecule has 0 amide bonds. The molecule has 3 heteroatoms. The molecule has 0 aromatic heterocycles. The fraction of sp³-hybridized carbons (Fsp3) is 1.00. The van der Waals surface area contributed by atoms with E-state index in [0.717, 1.165) is 12.5 Å². The summed E-state index contributed by atoms with van der Waals surface area (Å²) in [5.41, 5.74) is 1.39. The van der Waals surface area contributed by atoms with Crippen LogP contribution in [-0.2, 0) is 9.16 Å². The molecule has 1 heterocycles. The van der Waals surface area contributed by atoms with Gasteiger partial charge in [0.1, 0.15) is 6.10 Å². The zero-order chi connectivity index (χ0) is 16.0. The topological polar surface area (TPSA) is 21.8 Å². The van der Waals surface area contributed by atoms with Crippen molar-refractivity contribution in [1.82, 2.24) is 0 Å². The molecule has 127 valence electrons. The van der Waals surface area contributed by atoms with E-state index >= 15 is 0 Å². The van der Waals surface area contributed by atoms with Crippen LogP contribution in [0.4, 0.5) is 0 Å². The van der Waals surface area contributed by atoms with Gasteiger partial charge in [-0.25, -0.2) is 0 Å². The third kappa shape index (κ3) is 3.46. The summed E-state index contributed by atoms with van der Waals surface area (Å²) in [6, 6.07) is 0. The van der Waals surface area contributed by atoms with E-state index < -0.39 is 9.04 Å². The molecule has 1 aliphatic heterocycles. The van der Waals surface area contributed by atoms with E-state index in [9.17, 15) is 0 Å². The van der Waals surface area contributed by atoms with Crippen molar-refractivity contribution in [1.29, 1.82) is 0 Å². The number of ether oxygens (including phenoxy) is 1. The van der Waals surface area contributed by atoms with E-state index in [1.165, 1.54) is 51.4 Å². The first-order valence-corrected chi connectivity index (χ1v) is 11.8. The van der Waals surface area contributed by atoms with Gasteiger partial charge in [0.15, 0.2) is 0 Å². The predicted molar refractivity (Wildman–Crippen MR) is 93.4 cm³/mol. The maximum atomic E-state index is 6.10. The molecule has 2 saturated carbocycles. The number of epoxide rings is 1. The second-order valence-electron chi connectivity index (χ2n) is 9.53. The van der Waals surface area contributed by atoms with Crippen LogP contribution in [0.15, 0.2) is 0 Å². The number of hydrogen-bond acceptors (Lipinski definition) is 2. The molecule has 3 fully saturated rings. The number of hydrogen-bond donors (Lipinski definition) is 0. The lowest BCUT2D eigenvalue weighted by Crippen LogP contribution is -2.38.